The van der Waals surface area contributed by atoms with Gasteiger partial charge in [0.1, 0.15) is 11.5 Å². The van der Waals surface area contributed by atoms with Gasteiger partial charge in [-0.05, 0) is 48.4 Å². The Kier molecular flexibility index (Phi) is 4.08. The van der Waals surface area contributed by atoms with Crippen molar-refractivity contribution < 1.29 is 9.18 Å². The number of fused-ring (bicyclic) bond motifs is 2. The van der Waals surface area contributed by atoms with Crippen LogP contribution in [0.25, 0.3) is 22.2 Å². The molecule has 3 aromatic rings. The number of carbonyl (C=O) groups excluding carboxylic acids is 1. The van der Waals surface area contributed by atoms with Crippen molar-refractivity contribution in [1.82, 2.24) is 15.3 Å². The number of allylic oxidation sites excluding steroid dienone is 4. The molecule has 140 valence electrons. The van der Waals surface area contributed by atoms with Gasteiger partial charge in [-0.25, -0.2) is 9.37 Å². The quantitative estimate of drug-likeness (QED) is 0.704. The summed E-state index contributed by atoms with van der Waals surface area (Å²) in [6.45, 7) is 0. The molecule has 2 N–H and O–H groups in total. The second-order valence-corrected chi connectivity index (χ2v) is 7.57. The van der Waals surface area contributed by atoms with Gasteiger partial charge in [-0.15, -0.1) is 0 Å². The number of benzene rings is 1. The Balaban J connectivity index is 1.41. The maximum Gasteiger partial charge on any atom is 0.253 e. The lowest BCUT2D eigenvalue weighted by Crippen LogP contribution is -2.32. The molecule has 1 amide bonds. The van der Waals surface area contributed by atoms with Crippen molar-refractivity contribution in [2.45, 2.75) is 18.9 Å². The Morgan fingerprint density at radius 2 is 1.89 bits per heavy atom. The van der Waals surface area contributed by atoms with Crippen LogP contribution in [0.4, 0.5) is 4.39 Å². The predicted octanol–water partition coefficient (Wildman–Crippen LogP) is 4.62. The van der Waals surface area contributed by atoms with E-state index >= 15 is 0 Å². The van der Waals surface area contributed by atoms with Crippen LogP contribution in [-0.2, 0) is 0 Å². The fourth-order valence-corrected chi connectivity index (χ4v) is 4.36. The topological polar surface area (TPSA) is 57.8 Å². The zero-order valence-electron chi connectivity index (χ0n) is 15.2. The fraction of sp³-hybridized carbons (Fsp3) is 0.217. The van der Waals surface area contributed by atoms with Gasteiger partial charge in [0.15, 0.2) is 0 Å². The first-order valence-electron chi connectivity index (χ1n) is 9.56. The van der Waals surface area contributed by atoms with E-state index in [1.54, 1.807) is 18.5 Å². The molecule has 0 aliphatic heterocycles. The molecule has 2 unspecified atom stereocenters. The Hall–Kier alpha value is -3.21. The summed E-state index contributed by atoms with van der Waals surface area (Å²) in [6, 6.07) is 8.44. The van der Waals surface area contributed by atoms with Crippen LogP contribution < -0.4 is 5.32 Å². The number of hydrogen-bond acceptors (Lipinski definition) is 2. The number of rotatable bonds is 3. The summed E-state index contributed by atoms with van der Waals surface area (Å²) in [5, 5.41) is 3.93. The molecule has 2 heterocycles. The lowest BCUT2D eigenvalue weighted by atomic mass is 9.92. The standard InChI is InChI=1S/C23H20FN3O/c24-18-7-3-6-14(8-18)17-11-20-21(13-26-22(20)25-12-17)23(28)27-19-9-15-4-1-2-5-16(15)10-19/h1-8,11-13,15-16,19H,9-10H2,(H,25,26)(H,27,28). The molecule has 2 atom stereocenters. The molecule has 0 radical (unpaired) electrons. The Morgan fingerprint density at radius 3 is 2.64 bits per heavy atom. The van der Waals surface area contributed by atoms with Crippen molar-refractivity contribution in [2.75, 3.05) is 0 Å². The molecule has 2 aliphatic carbocycles. The molecule has 1 aromatic carbocycles. The highest BCUT2D eigenvalue weighted by atomic mass is 19.1. The maximum absolute atomic E-state index is 13.6. The maximum atomic E-state index is 13.6. The molecule has 1 saturated carbocycles. The Bertz CT molecular complexity index is 1090. The second-order valence-electron chi connectivity index (χ2n) is 7.57. The van der Waals surface area contributed by atoms with E-state index in [0.717, 1.165) is 29.4 Å². The highest BCUT2D eigenvalue weighted by Gasteiger charge is 2.33. The van der Waals surface area contributed by atoms with Crippen molar-refractivity contribution in [3.63, 3.8) is 0 Å². The molecular weight excluding hydrogens is 353 g/mol. The van der Waals surface area contributed by atoms with Crippen LogP contribution in [0.1, 0.15) is 23.2 Å². The lowest BCUT2D eigenvalue weighted by Gasteiger charge is -2.13. The zero-order chi connectivity index (χ0) is 19.1. The normalized spacial score (nSPS) is 23.1. The van der Waals surface area contributed by atoms with Crippen LogP contribution in [0.2, 0.25) is 0 Å². The number of nitrogens with one attached hydrogen (secondary N) is 2. The third-order valence-corrected chi connectivity index (χ3v) is 5.76. The number of H-pyrrole nitrogens is 1. The summed E-state index contributed by atoms with van der Waals surface area (Å²) in [6.07, 6.45) is 14.0. The highest BCUT2D eigenvalue weighted by molar-refractivity contribution is 6.06. The average molecular weight is 373 g/mol. The molecule has 28 heavy (non-hydrogen) atoms. The molecule has 5 heteroatoms. The largest absolute Gasteiger partial charge is 0.349 e. The first-order chi connectivity index (χ1) is 13.7. The number of aromatic amines is 1. The minimum Gasteiger partial charge on any atom is -0.349 e. The number of nitrogens with zero attached hydrogens (tertiary/aromatic N) is 1. The summed E-state index contributed by atoms with van der Waals surface area (Å²) in [7, 11) is 0. The van der Waals surface area contributed by atoms with Gasteiger partial charge in [-0.3, -0.25) is 4.79 Å². The average Bonchev–Trinajstić information content (AvgIpc) is 3.30. The van der Waals surface area contributed by atoms with Crippen molar-refractivity contribution >= 4 is 16.9 Å². The molecule has 2 aliphatic rings. The molecule has 0 saturated heterocycles. The molecule has 2 aromatic heterocycles. The first-order valence-corrected chi connectivity index (χ1v) is 9.56. The van der Waals surface area contributed by atoms with Gasteiger partial charge in [-0.1, -0.05) is 36.4 Å². The zero-order valence-corrected chi connectivity index (χ0v) is 15.2. The molecule has 5 rings (SSSR count). The number of hydrogen-bond donors (Lipinski definition) is 2. The van der Waals surface area contributed by atoms with Crippen molar-refractivity contribution in [3.8, 4) is 11.1 Å². The van der Waals surface area contributed by atoms with Gasteiger partial charge < -0.3 is 10.3 Å². The van der Waals surface area contributed by atoms with Crippen LogP contribution in [-0.4, -0.2) is 21.9 Å². The van der Waals surface area contributed by atoms with E-state index in [4.69, 9.17) is 0 Å². The van der Waals surface area contributed by atoms with E-state index in [1.165, 1.54) is 12.1 Å². The van der Waals surface area contributed by atoms with Crippen LogP contribution in [0.5, 0.6) is 0 Å². The molecule has 0 spiro atoms. The number of amides is 1. The minimum absolute atomic E-state index is 0.0963. The summed E-state index contributed by atoms with van der Waals surface area (Å²) in [5.41, 5.74) is 2.74. The summed E-state index contributed by atoms with van der Waals surface area (Å²) in [5.74, 6) is 0.635. The van der Waals surface area contributed by atoms with E-state index in [0.29, 0.717) is 23.0 Å². The number of pyridine rings is 1. The van der Waals surface area contributed by atoms with E-state index in [1.807, 2.05) is 12.1 Å². The molecule has 0 bridgehead atoms. The first kappa shape index (κ1) is 16.9. The van der Waals surface area contributed by atoms with Crippen molar-refractivity contribution in [2.24, 2.45) is 11.8 Å². The monoisotopic (exact) mass is 373 g/mol. The van der Waals surface area contributed by atoms with E-state index in [2.05, 4.69) is 39.6 Å². The van der Waals surface area contributed by atoms with E-state index in [9.17, 15) is 9.18 Å². The van der Waals surface area contributed by atoms with E-state index in [-0.39, 0.29) is 17.8 Å². The predicted molar refractivity (Wildman–Crippen MR) is 107 cm³/mol. The van der Waals surface area contributed by atoms with Gasteiger partial charge in [0.2, 0.25) is 0 Å². The smallest absolute Gasteiger partial charge is 0.253 e. The van der Waals surface area contributed by atoms with Gasteiger partial charge in [-0.2, -0.15) is 0 Å². The van der Waals surface area contributed by atoms with Gasteiger partial charge in [0.25, 0.3) is 5.91 Å². The van der Waals surface area contributed by atoms with Crippen molar-refractivity contribution in [3.05, 3.63) is 78.4 Å². The van der Waals surface area contributed by atoms with Gasteiger partial charge >= 0.3 is 0 Å². The van der Waals surface area contributed by atoms with Gasteiger partial charge in [0, 0.05) is 29.4 Å². The van der Waals surface area contributed by atoms with Crippen LogP contribution >= 0.6 is 0 Å². The van der Waals surface area contributed by atoms with Crippen LogP contribution in [0, 0.1) is 17.7 Å². The van der Waals surface area contributed by atoms with Gasteiger partial charge in [0.05, 0.1) is 5.56 Å². The SMILES string of the molecule is O=C(NC1CC2C=CC=CC2C1)c1c[nH]c2ncc(-c3cccc(F)c3)cc12. The third-order valence-electron chi connectivity index (χ3n) is 5.76. The number of aromatic nitrogens is 2. The summed E-state index contributed by atoms with van der Waals surface area (Å²) >= 11 is 0. The van der Waals surface area contributed by atoms with E-state index < -0.39 is 0 Å². The second kappa shape index (κ2) is 6.75. The molecule has 1 fully saturated rings. The molecule has 4 nitrogen and oxygen atoms in total. The Labute approximate surface area is 162 Å². The summed E-state index contributed by atoms with van der Waals surface area (Å²) in [4.78, 5) is 20.4. The lowest BCUT2D eigenvalue weighted by molar-refractivity contribution is 0.0939. The van der Waals surface area contributed by atoms with Crippen molar-refractivity contribution in [1.29, 1.82) is 0 Å². The Morgan fingerprint density at radius 1 is 1.11 bits per heavy atom. The number of carbonyl (C=O) groups is 1. The highest BCUT2D eigenvalue weighted by Crippen LogP contribution is 2.36. The minimum atomic E-state index is -0.296. The number of halogens is 1. The summed E-state index contributed by atoms with van der Waals surface area (Å²) < 4.78 is 13.6. The third kappa shape index (κ3) is 3.03. The van der Waals surface area contributed by atoms with Crippen LogP contribution in [0.3, 0.4) is 0 Å². The molecular formula is C23H20FN3O. The van der Waals surface area contributed by atoms with Crippen LogP contribution in [0.15, 0.2) is 67.0 Å². The fourth-order valence-electron chi connectivity index (χ4n) is 4.36.